The zero-order valence-electron chi connectivity index (χ0n) is 11.4. The van der Waals surface area contributed by atoms with E-state index in [4.69, 9.17) is 5.73 Å². The first-order chi connectivity index (χ1) is 9.81. The van der Waals surface area contributed by atoms with Crippen molar-refractivity contribution in [2.45, 2.75) is 32.0 Å². The second kappa shape index (κ2) is 6.15. The summed E-state index contributed by atoms with van der Waals surface area (Å²) < 4.78 is 52.2. The van der Waals surface area contributed by atoms with E-state index in [9.17, 15) is 17.6 Å². The van der Waals surface area contributed by atoms with Crippen molar-refractivity contribution in [1.29, 1.82) is 0 Å². The van der Waals surface area contributed by atoms with E-state index in [1.54, 1.807) is 0 Å². The highest BCUT2D eigenvalue weighted by Crippen LogP contribution is 2.35. The van der Waals surface area contributed by atoms with Gasteiger partial charge in [-0.05, 0) is 42.3 Å². The lowest BCUT2D eigenvalue weighted by atomic mass is 9.97. The number of nitrogens with two attached hydrogens (primary N) is 1. The van der Waals surface area contributed by atoms with Crippen LogP contribution in [0.5, 0.6) is 0 Å². The first-order valence-electron chi connectivity index (χ1n) is 6.51. The zero-order chi connectivity index (χ0) is 15.6. The van der Waals surface area contributed by atoms with E-state index >= 15 is 0 Å². The van der Waals surface area contributed by atoms with Crippen LogP contribution in [-0.2, 0) is 19.0 Å². The van der Waals surface area contributed by atoms with Gasteiger partial charge in [0, 0.05) is 22.2 Å². The summed E-state index contributed by atoms with van der Waals surface area (Å²) in [7, 11) is 0. The molecule has 1 aromatic heterocycles. The van der Waals surface area contributed by atoms with Crippen molar-refractivity contribution in [2.75, 3.05) is 0 Å². The van der Waals surface area contributed by atoms with Crippen LogP contribution in [0.4, 0.5) is 17.6 Å². The summed E-state index contributed by atoms with van der Waals surface area (Å²) >= 11 is 1.52. The first kappa shape index (κ1) is 16.0. The third-order valence-corrected chi connectivity index (χ3v) is 4.46. The van der Waals surface area contributed by atoms with Crippen LogP contribution >= 0.6 is 11.3 Å². The van der Waals surface area contributed by atoms with Crippen LogP contribution in [0.1, 0.15) is 33.8 Å². The van der Waals surface area contributed by atoms with Gasteiger partial charge in [-0.3, -0.25) is 0 Å². The standard InChI is InChI=1S/C15H15F4NS/c1-2-10-4-5-11(21-10)8-14(20)12-7-9(16)3-6-13(12)15(17,18)19/h3-7,14H,2,8,20H2,1H3. The zero-order valence-corrected chi connectivity index (χ0v) is 12.2. The summed E-state index contributed by atoms with van der Waals surface area (Å²) in [6.07, 6.45) is -3.41. The Morgan fingerprint density at radius 3 is 2.38 bits per heavy atom. The molecule has 0 saturated heterocycles. The number of halogens is 4. The Morgan fingerprint density at radius 2 is 1.81 bits per heavy atom. The summed E-state index contributed by atoms with van der Waals surface area (Å²) in [4.78, 5) is 2.05. The molecule has 6 heteroatoms. The van der Waals surface area contributed by atoms with Gasteiger partial charge in [0.15, 0.2) is 0 Å². The van der Waals surface area contributed by atoms with Crippen molar-refractivity contribution in [2.24, 2.45) is 5.73 Å². The maximum atomic E-state index is 13.3. The van der Waals surface area contributed by atoms with Gasteiger partial charge in [0.2, 0.25) is 0 Å². The number of aryl methyl sites for hydroxylation is 1. The van der Waals surface area contributed by atoms with E-state index in [1.807, 2.05) is 19.1 Å². The van der Waals surface area contributed by atoms with Gasteiger partial charge in [-0.1, -0.05) is 6.92 Å². The number of hydrogen-bond acceptors (Lipinski definition) is 2. The molecule has 0 spiro atoms. The van der Waals surface area contributed by atoms with Crippen molar-refractivity contribution in [3.63, 3.8) is 0 Å². The molecule has 1 heterocycles. The van der Waals surface area contributed by atoms with Gasteiger partial charge in [0.25, 0.3) is 0 Å². The topological polar surface area (TPSA) is 26.0 Å². The normalized spacial score (nSPS) is 13.4. The third kappa shape index (κ3) is 3.83. The Labute approximate surface area is 124 Å². The molecule has 2 aromatic rings. The minimum absolute atomic E-state index is 0.200. The molecular weight excluding hydrogens is 302 g/mol. The SMILES string of the molecule is CCc1ccc(CC(N)c2cc(F)ccc2C(F)(F)F)s1. The van der Waals surface area contributed by atoms with Crippen LogP contribution in [0, 0.1) is 5.82 Å². The van der Waals surface area contributed by atoms with Crippen LogP contribution < -0.4 is 5.73 Å². The Bertz CT molecular complexity index is 618. The minimum atomic E-state index is -4.54. The number of alkyl halides is 3. The molecule has 0 aliphatic rings. The van der Waals surface area contributed by atoms with Gasteiger partial charge < -0.3 is 5.73 Å². The van der Waals surface area contributed by atoms with Crippen LogP contribution in [-0.4, -0.2) is 0 Å². The summed E-state index contributed by atoms with van der Waals surface area (Å²) in [5.74, 6) is -0.714. The van der Waals surface area contributed by atoms with E-state index < -0.39 is 23.6 Å². The van der Waals surface area contributed by atoms with E-state index in [-0.39, 0.29) is 12.0 Å². The fourth-order valence-corrected chi connectivity index (χ4v) is 3.16. The summed E-state index contributed by atoms with van der Waals surface area (Å²) in [6.45, 7) is 2.00. The van der Waals surface area contributed by atoms with Crippen LogP contribution in [0.25, 0.3) is 0 Å². The molecule has 0 saturated carbocycles. The van der Waals surface area contributed by atoms with E-state index in [2.05, 4.69) is 0 Å². The molecule has 0 fully saturated rings. The number of rotatable bonds is 4. The third-order valence-electron chi connectivity index (χ3n) is 3.21. The van der Waals surface area contributed by atoms with E-state index in [1.165, 1.54) is 11.3 Å². The average molecular weight is 317 g/mol. The lowest BCUT2D eigenvalue weighted by Gasteiger charge is -2.18. The molecule has 1 aromatic carbocycles. The number of hydrogen-bond donors (Lipinski definition) is 1. The maximum Gasteiger partial charge on any atom is 0.416 e. The van der Waals surface area contributed by atoms with Gasteiger partial charge in [0.1, 0.15) is 5.82 Å². The largest absolute Gasteiger partial charge is 0.416 e. The van der Waals surface area contributed by atoms with Crippen molar-refractivity contribution >= 4 is 11.3 Å². The van der Waals surface area contributed by atoms with Gasteiger partial charge in [-0.15, -0.1) is 11.3 Å². The van der Waals surface area contributed by atoms with Gasteiger partial charge in [-0.25, -0.2) is 4.39 Å². The van der Waals surface area contributed by atoms with Gasteiger partial charge in [0.05, 0.1) is 5.56 Å². The summed E-state index contributed by atoms with van der Waals surface area (Å²) in [5.41, 5.74) is 4.81. The molecule has 1 nitrogen and oxygen atoms in total. The molecular formula is C15H15F4NS. The van der Waals surface area contributed by atoms with E-state index in [0.29, 0.717) is 0 Å². The van der Waals surface area contributed by atoms with Crippen molar-refractivity contribution < 1.29 is 17.6 Å². The number of thiophene rings is 1. The monoisotopic (exact) mass is 317 g/mol. The Morgan fingerprint density at radius 1 is 1.14 bits per heavy atom. The van der Waals surface area contributed by atoms with Crippen LogP contribution in [0.2, 0.25) is 0 Å². The molecule has 2 rings (SSSR count). The predicted octanol–water partition coefficient (Wildman–Crippen LogP) is 4.71. The molecule has 2 N–H and O–H groups in total. The molecule has 1 unspecified atom stereocenters. The first-order valence-corrected chi connectivity index (χ1v) is 7.32. The Balaban J connectivity index is 2.29. The summed E-state index contributed by atoms with van der Waals surface area (Å²) in [6, 6.07) is 5.33. The highest BCUT2D eigenvalue weighted by Gasteiger charge is 2.34. The Hall–Kier alpha value is -1.40. The van der Waals surface area contributed by atoms with Crippen LogP contribution in [0.3, 0.4) is 0 Å². The quantitative estimate of drug-likeness (QED) is 0.812. The predicted molar refractivity (Wildman–Crippen MR) is 75.7 cm³/mol. The smallest absolute Gasteiger partial charge is 0.324 e. The Kier molecular flexibility index (Phi) is 4.68. The highest BCUT2D eigenvalue weighted by atomic mass is 32.1. The van der Waals surface area contributed by atoms with Crippen LogP contribution in [0.15, 0.2) is 30.3 Å². The molecule has 0 aliphatic carbocycles. The molecule has 0 amide bonds. The van der Waals surface area contributed by atoms with Crippen molar-refractivity contribution in [3.05, 3.63) is 57.0 Å². The molecule has 21 heavy (non-hydrogen) atoms. The second-order valence-electron chi connectivity index (χ2n) is 4.76. The highest BCUT2D eigenvalue weighted by molar-refractivity contribution is 7.11. The van der Waals surface area contributed by atoms with Gasteiger partial charge >= 0.3 is 6.18 Å². The lowest BCUT2D eigenvalue weighted by molar-refractivity contribution is -0.138. The number of benzene rings is 1. The average Bonchev–Trinajstić information content (AvgIpc) is 2.84. The lowest BCUT2D eigenvalue weighted by Crippen LogP contribution is -2.19. The molecule has 0 radical (unpaired) electrons. The summed E-state index contributed by atoms with van der Waals surface area (Å²) in [5, 5.41) is 0. The van der Waals surface area contributed by atoms with E-state index in [0.717, 1.165) is 34.4 Å². The fraction of sp³-hybridized carbons (Fsp3) is 0.333. The molecule has 0 aliphatic heterocycles. The van der Waals surface area contributed by atoms with Crippen molar-refractivity contribution in [1.82, 2.24) is 0 Å². The minimum Gasteiger partial charge on any atom is -0.324 e. The molecule has 0 bridgehead atoms. The molecule has 114 valence electrons. The molecule has 1 atom stereocenters. The van der Waals surface area contributed by atoms with Gasteiger partial charge in [-0.2, -0.15) is 13.2 Å². The second-order valence-corrected chi connectivity index (χ2v) is 6.01. The maximum absolute atomic E-state index is 13.3. The van der Waals surface area contributed by atoms with Crippen molar-refractivity contribution in [3.8, 4) is 0 Å². The fourth-order valence-electron chi connectivity index (χ4n) is 2.15.